The maximum absolute atomic E-state index is 12.3. The lowest BCUT2D eigenvalue weighted by atomic mass is 9.94. The van der Waals surface area contributed by atoms with Gasteiger partial charge >= 0.3 is 5.97 Å². The molecule has 0 amide bonds. The van der Waals surface area contributed by atoms with Gasteiger partial charge in [0.05, 0.1) is 12.7 Å². The summed E-state index contributed by atoms with van der Waals surface area (Å²) in [5, 5.41) is 0. The molecule has 5 nitrogen and oxygen atoms in total. The molecule has 130 valence electrons. The summed E-state index contributed by atoms with van der Waals surface area (Å²) < 4.78 is 4.94. The van der Waals surface area contributed by atoms with Crippen molar-refractivity contribution in [2.45, 2.75) is 0 Å². The fraction of sp³-hybridized carbons (Fsp3) is 0.250. The van der Waals surface area contributed by atoms with E-state index in [9.17, 15) is 9.59 Å². The van der Waals surface area contributed by atoms with Crippen LogP contribution in [0.4, 0.5) is 11.4 Å². The molecule has 0 N–H and O–H groups in total. The molecule has 0 heterocycles. The molecule has 0 aliphatic rings. The van der Waals surface area contributed by atoms with Gasteiger partial charge in [0, 0.05) is 45.6 Å². The molecule has 0 radical (unpaired) electrons. The normalized spacial score (nSPS) is 9.96. The number of hydrogen-bond donors (Lipinski definition) is 0. The van der Waals surface area contributed by atoms with Gasteiger partial charge in [0.2, 0.25) is 0 Å². The molecule has 0 bridgehead atoms. The number of carbonyl (C=O) groups is 1. The Kier molecular flexibility index (Phi) is 5.63. The van der Waals surface area contributed by atoms with Crippen LogP contribution in [-0.2, 0) is 9.53 Å². The molecule has 2 rings (SSSR count). The number of esters is 1. The molecule has 2 aromatic carbocycles. The molecule has 0 unspecified atom stereocenters. The third-order valence-corrected chi connectivity index (χ3v) is 3.98. The van der Waals surface area contributed by atoms with Gasteiger partial charge in [-0.2, -0.15) is 0 Å². The van der Waals surface area contributed by atoms with E-state index in [1.54, 1.807) is 6.07 Å². The molecule has 2 aromatic rings. The van der Waals surface area contributed by atoms with Gasteiger partial charge in [-0.3, -0.25) is 0 Å². The zero-order valence-electron chi connectivity index (χ0n) is 15.2. The first-order valence-electron chi connectivity index (χ1n) is 7.81. The van der Waals surface area contributed by atoms with E-state index in [1.165, 1.54) is 13.2 Å². The molecule has 0 spiro atoms. The van der Waals surface area contributed by atoms with Gasteiger partial charge < -0.3 is 14.5 Å². The van der Waals surface area contributed by atoms with Crippen LogP contribution in [0.25, 0.3) is 17.2 Å². The van der Waals surface area contributed by atoms with E-state index < -0.39 is 5.97 Å². The Labute approximate surface area is 148 Å². The van der Waals surface area contributed by atoms with Gasteiger partial charge in [-0.25, -0.2) is 9.59 Å². The zero-order valence-corrected chi connectivity index (χ0v) is 15.2. The van der Waals surface area contributed by atoms with Crippen LogP contribution in [0.1, 0.15) is 15.9 Å². The van der Waals surface area contributed by atoms with Gasteiger partial charge in [0.25, 0.3) is 0 Å². The molecule has 0 saturated carbocycles. The van der Waals surface area contributed by atoms with Gasteiger partial charge in [-0.1, -0.05) is 12.1 Å². The second kappa shape index (κ2) is 7.69. The van der Waals surface area contributed by atoms with Crippen LogP contribution in [0.2, 0.25) is 0 Å². The second-order valence-corrected chi connectivity index (χ2v) is 6.04. The van der Waals surface area contributed by atoms with Gasteiger partial charge in [0.1, 0.15) is 5.94 Å². The molecule has 0 atom stereocenters. The Morgan fingerprint density at radius 3 is 2.04 bits per heavy atom. The van der Waals surface area contributed by atoms with Crippen LogP contribution < -0.4 is 9.80 Å². The molecule has 25 heavy (non-hydrogen) atoms. The van der Waals surface area contributed by atoms with Crippen molar-refractivity contribution in [2.24, 2.45) is 0 Å². The fourth-order valence-corrected chi connectivity index (χ4v) is 2.58. The molecule has 0 aliphatic heterocycles. The minimum atomic E-state index is -0.420. The van der Waals surface area contributed by atoms with Crippen LogP contribution >= 0.6 is 0 Å². The number of ether oxygens (including phenoxy) is 1. The van der Waals surface area contributed by atoms with Crippen LogP contribution in [0.15, 0.2) is 36.4 Å². The smallest absolute Gasteiger partial charge is 0.338 e. The lowest BCUT2D eigenvalue weighted by Crippen LogP contribution is -2.12. The number of carbonyl (C=O) groups excluding carboxylic acids is 2. The van der Waals surface area contributed by atoms with Crippen LogP contribution in [0.3, 0.4) is 0 Å². The topological polar surface area (TPSA) is 49.9 Å². The third kappa shape index (κ3) is 3.90. The van der Waals surface area contributed by atoms with E-state index in [0.29, 0.717) is 16.7 Å². The van der Waals surface area contributed by atoms with Crippen molar-refractivity contribution >= 4 is 29.4 Å². The maximum atomic E-state index is 12.3. The number of rotatable bonds is 5. The number of benzene rings is 2. The lowest BCUT2D eigenvalue weighted by molar-refractivity contribution is 0.0601. The minimum Gasteiger partial charge on any atom is -0.465 e. The first-order chi connectivity index (χ1) is 11.9. The molecule has 0 saturated heterocycles. The molecular formula is C20H22N2O3. The standard InChI is InChI=1S/C20H22N2O3/c1-21(2)15-6-8-17(14(12-15)10-11-23)18-9-7-16(22(3)4)13-19(18)20(24)25-5/h6-10,12-13H,1-5H3. The summed E-state index contributed by atoms with van der Waals surface area (Å²) in [7, 11) is 9.02. The highest BCUT2D eigenvalue weighted by molar-refractivity contribution is 6.00. The van der Waals surface area contributed by atoms with Crippen molar-refractivity contribution in [1.29, 1.82) is 0 Å². The van der Waals surface area contributed by atoms with E-state index >= 15 is 0 Å². The molecular weight excluding hydrogens is 316 g/mol. The second-order valence-electron chi connectivity index (χ2n) is 6.04. The first kappa shape index (κ1) is 18.3. The fourth-order valence-electron chi connectivity index (χ4n) is 2.58. The minimum absolute atomic E-state index is 0.420. The predicted octanol–water partition coefficient (Wildman–Crippen LogP) is 3.12. The third-order valence-electron chi connectivity index (χ3n) is 3.98. The quantitative estimate of drug-likeness (QED) is 0.619. The number of methoxy groups -OCH3 is 1. The maximum Gasteiger partial charge on any atom is 0.338 e. The number of nitrogens with zero attached hydrogens (tertiary/aromatic N) is 2. The summed E-state index contributed by atoms with van der Waals surface area (Å²) in [6.45, 7) is 0. The monoisotopic (exact) mass is 338 g/mol. The predicted molar refractivity (Wildman–Crippen MR) is 102 cm³/mol. The van der Waals surface area contributed by atoms with Crippen molar-refractivity contribution in [3.8, 4) is 11.1 Å². The highest BCUT2D eigenvalue weighted by atomic mass is 16.5. The largest absolute Gasteiger partial charge is 0.465 e. The summed E-state index contributed by atoms with van der Waals surface area (Å²) >= 11 is 0. The molecule has 5 heteroatoms. The Morgan fingerprint density at radius 1 is 0.960 bits per heavy atom. The number of hydrogen-bond acceptors (Lipinski definition) is 5. The summed E-state index contributed by atoms with van der Waals surface area (Å²) in [5.41, 5.74) is 4.48. The van der Waals surface area contributed by atoms with Gasteiger partial charge in [-0.05, 0) is 41.0 Å². The summed E-state index contributed by atoms with van der Waals surface area (Å²) in [4.78, 5) is 27.1. The van der Waals surface area contributed by atoms with E-state index in [2.05, 4.69) is 0 Å². The van der Waals surface area contributed by atoms with Crippen LogP contribution in [-0.4, -0.2) is 47.2 Å². The van der Waals surface area contributed by atoms with Crippen LogP contribution in [0, 0.1) is 0 Å². The summed E-state index contributed by atoms with van der Waals surface area (Å²) in [5.74, 6) is 1.41. The van der Waals surface area contributed by atoms with E-state index in [4.69, 9.17) is 4.74 Å². The first-order valence-corrected chi connectivity index (χ1v) is 7.81. The SMILES string of the molecule is COC(=O)c1cc(N(C)C)ccc1-c1ccc(N(C)C)cc1C=C=O. The average Bonchev–Trinajstić information content (AvgIpc) is 2.60. The molecule has 0 aliphatic carbocycles. The zero-order chi connectivity index (χ0) is 18.6. The Morgan fingerprint density at radius 2 is 1.52 bits per heavy atom. The number of anilines is 2. The highest BCUT2D eigenvalue weighted by Gasteiger charge is 2.17. The van der Waals surface area contributed by atoms with E-state index in [1.807, 2.05) is 74.3 Å². The highest BCUT2D eigenvalue weighted by Crippen LogP contribution is 2.33. The van der Waals surface area contributed by atoms with Gasteiger partial charge in [-0.15, -0.1) is 0 Å². The lowest BCUT2D eigenvalue weighted by Gasteiger charge is -2.18. The van der Waals surface area contributed by atoms with Crippen molar-refractivity contribution in [1.82, 2.24) is 0 Å². The Hall–Kier alpha value is -3.04. The Bertz CT molecular complexity index is 835. The Balaban J connectivity index is 2.72. The van der Waals surface area contributed by atoms with E-state index in [0.717, 1.165) is 16.9 Å². The molecule has 0 fully saturated rings. The van der Waals surface area contributed by atoms with Crippen molar-refractivity contribution < 1.29 is 14.3 Å². The van der Waals surface area contributed by atoms with Crippen molar-refractivity contribution in [3.63, 3.8) is 0 Å². The summed E-state index contributed by atoms with van der Waals surface area (Å²) in [6, 6.07) is 11.3. The van der Waals surface area contributed by atoms with Crippen molar-refractivity contribution in [2.75, 3.05) is 45.1 Å². The average molecular weight is 338 g/mol. The van der Waals surface area contributed by atoms with Crippen molar-refractivity contribution in [3.05, 3.63) is 47.5 Å². The summed E-state index contributed by atoms with van der Waals surface area (Å²) in [6.07, 6.45) is 1.38. The molecule has 0 aromatic heterocycles. The van der Waals surface area contributed by atoms with Gasteiger partial charge in [0.15, 0.2) is 0 Å². The van der Waals surface area contributed by atoms with Crippen LogP contribution in [0.5, 0.6) is 0 Å². The van der Waals surface area contributed by atoms with E-state index in [-0.39, 0.29) is 0 Å².